The van der Waals surface area contributed by atoms with Gasteiger partial charge in [-0.25, -0.2) is 0 Å². The number of nitrogens with zero attached hydrogens (tertiary/aromatic N) is 1. The van der Waals surface area contributed by atoms with Crippen LogP contribution in [0.25, 0.3) is 0 Å². The van der Waals surface area contributed by atoms with Crippen LogP contribution in [0.3, 0.4) is 0 Å². The van der Waals surface area contributed by atoms with E-state index in [2.05, 4.69) is 15.5 Å². The molecule has 6 nitrogen and oxygen atoms in total. The van der Waals surface area contributed by atoms with E-state index in [1.54, 1.807) is 7.11 Å². The molecular formula is C25H33N3O3. The van der Waals surface area contributed by atoms with Crippen molar-refractivity contribution in [1.29, 1.82) is 0 Å². The van der Waals surface area contributed by atoms with Gasteiger partial charge in [-0.1, -0.05) is 24.3 Å². The molecule has 0 saturated heterocycles. The summed E-state index contributed by atoms with van der Waals surface area (Å²) in [5.41, 5.74) is 4.18. The summed E-state index contributed by atoms with van der Waals surface area (Å²) >= 11 is 0. The van der Waals surface area contributed by atoms with Crippen LogP contribution in [0.15, 0.2) is 42.5 Å². The van der Waals surface area contributed by atoms with Crippen molar-refractivity contribution in [3.8, 4) is 5.75 Å². The topological polar surface area (TPSA) is 70.7 Å². The molecule has 0 spiro atoms. The zero-order valence-electron chi connectivity index (χ0n) is 18.7. The van der Waals surface area contributed by atoms with Gasteiger partial charge in [-0.05, 0) is 68.0 Å². The van der Waals surface area contributed by atoms with Gasteiger partial charge >= 0.3 is 0 Å². The minimum absolute atomic E-state index is 0.0223. The third-order valence-electron chi connectivity index (χ3n) is 5.60. The van der Waals surface area contributed by atoms with Crippen LogP contribution < -0.4 is 15.4 Å². The molecule has 166 valence electrons. The summed E-state index contributed by atoms with van der Waals surface area (Å²) in [4.78, 5) is 27.0. The smallest absolute Gasteiger partial charge is 0.238 e. The predicted octanol–water partition coefficient (Wildman–Crippen LogP) is 3.46. The molecule has 0 bridgehead atoms. The molecule has 0 radical (unpaired) electrons. The molecule has 3 rings (SSSR count). The highest BCUT2D eigenvalue weighted by Gasteiger charge is 2.30. The molecule has 1 saturated carbocycles. The molecule has 0 unspecified atom stereocenters. The Hall–Kier alpha value is -2.86. The van der Waals surface area contributed by atoms with E-state index in [4.69, 9.17) is 4.74 Å². The number of anilines is 1. The van der Waals surface area contributed by atoms with Crippen LogP contribution in [0.4, 0.5) is 5.69 Å². The summed E-state index contributed by atoms with van der Waals surface area (Å²) in [7, 11) is 1.65. The van der Waals surface area contributed by atoms with Crippen molar-refractivity contribution in [2.45, 2.75) is 45.6 Å². The Morgan fingerprint density at radius 3 is 2.48 bits per heavy atom. The van der Waals surface area contributed by atoms with Crippen LogP contribution in [-0.2, 0) is 16.0 Å². The van der Waals surface area contributed by atoms with Gasteiger partial charge in [-0.3, -0.25) is 14.5 Å². The highest BCUT2D eigenvalue weighted by atomic mass is 16.5. The van der Waals surface area contributed by atoms with Crippen molar-refractivity contribution in [3.63, 3.8) is 0 Å². The lowest BCUT2D eigenvalue weighted by Crippen LogP contribution is -2.38. The summed E-state index contributed by atoms with van der Waals surface area (Å²) in [5.74, 6) is 0.823. The lowest BCUT2D eigenvalue weighted by atomic mass is 10.1. The Balaban J connectivity index is 1.40. The Labute approximate surface area is 185 Å². The fourth-order valence-corrected chi connectivity index (χ4v) is 3.55. The first-order valence-corrected chi connectivity index (χ1v) is 11.0. The molecule has 1 fully saturated rings. The Bertz CT molecular complexity index is 891. The first kappa shape index (κ1) is 22.8. The lowest BCUT2D eigenvalue weighted by Gasteiger charge is -2.21. The van der Waals surface area contributed by atoms with Gasteiger partial charge in [0, 0.05) is 31.2 Å². The minimum Gasteiger partial charge on any atom is -0.497 e. The number of amides is 2. The largest absolute Gasteiger partial charge is 0.497 e. The van der Waals surface area contributed by atoms with Gasteiger partial charge in [-0.2, -0.15) is 0 Å². The number of benzene rings is 2. The molecule has 6 heteroatoms. The molecule has 2 aromatic rings. The maximum Gasteiger partial charge on any atom is 0.238 e. The van der Waals surface area contributed by atoms with E-state index in [9.17, 15) is 9.59 Å². The highest BCUT2D eigenvalue weighted by molar-refractivity contribution is 5.93. The average Bonchev–Trinajstić information content (AvgIpc) is 3.59. The number of aryl methyl sites for hydroxylation is 2. The molecule has 0 atom stereocenters. The number of hydrogen-bond acceptors (Lipinski definition) is 4. The van der Waals surface area contributed by atoms with Crippen molar-refractivity contribution in [1.82, 2.24) is 10.2 Å². The maximum atomic E-state index is 12.6. The fraction of sp³-hybridized carbons (Fsp3) is 0.440. The van der Waals surface area contributed by atoms with Crippen molar-refractivity contribution in [2.75, 3.05) is 32.1 Å². The molecule has 0 heterocycles. The van der Waals surface area contributed by atoms with Crippen LogP contribution in [-0.4, -0.2) is 49.5 Å². The Morgan fingerprint density at radius 2 is 1.81 bits per heavy atom. The second-order valence-corrected chi connectivity index (χ2v) is 8.27. The van der Waals surface area contributed by atoms with Gasteiger partial charge in [0.25, 0.3) is 0 Å². The number of rotatable bonds is 11. The first-order valence-electron chi connectivity index (χ1n) is 11.0. The van der Waals surface area contributed by atoms with Crippen molar-refractivity contribution in [2.24, 2.45) is 0 Å². The number of carbonyl (C=O) groups excluding carboxylic acids is 2. The lowest BCUT2D eigenvalue weighted by molar-refractivity contribution is -0.122. The van der Waals surface area contributed by atoms with Gasteiger partial charge < -0.3 is 15.4 Å². The van der Waals surface area contributed by atoms with Crippen LogP contribution in [0.2, 0.25) is 0 Å². The van der Waals surface area contributed by atoms with E-state index >= 15 is 0 Å². The zero-order valence-corrected chi connectivity index (χ0v) is 18.7. The minimum atomic E-state index is -0.0273. The van der Waals surface area contributed by atoms with E-state index in [1.165, 1.54) is 0 Å². The van der Waals surface area contributed by atoms with Gasteiger partial charge in [0.2, 0.25) is 11.8 Å². The predicted molar refractivity (Wildman–Crippen MR) is 123 cm³/mol. The van der Waals surface area contributed by atoms with Crippen molar-refractivity contribution >= 4 is 17.5 Å². The summed E-state index contributed by atoms with van der Waals surface area (Å²) in [6, 6.07) is 14.3. The third-order valence-corrected chi connectivity index (χ3v) is 5.60. The summed E-state index contributed by atoms with van der Waals surface area (Å²) in [6.45, 7) is 5.51. The van der Waals surface area contributed by atoms with E-state index in [1.807, 2.05) is 56.3 Å². The number of ether oxygens (including phenoxy) is 1. The second-order valence-electron chi connectivity index (χ2n) is 8.27. The van der Waals surface area contributed by atoms with Crippen LogP contribution in [0.5, 0.6) is 5.75 Å². The van der Waals surface area contributed by atoms with Gasteiger partial charge in [0.1, 0.15) is 5.75 Å². The van der Waals surface area contributed by atoms with E-state index in [0.717, 1.165) is 47.4 Å². The number of hydrogen-bond donors (Lipinski definition) is 2. The molecule has 2 N–H and O–H groups in total. The summed E-state index contributed by atoms with van der Waals surface area (Å²) < 4.78 is 5.16. The zero-order chi connectivity index (χ0) is 22.2. The normalized spacial score (nSPS) is 13.2. The van der Waals surface area contributed by atoms with E-state index in [0.29, 0.717) is 32.1 Å². The average molecular weight is 424 g/mol. The van der Waals surface area contributed by atoms with Crippen LogP contribution in [0, 0.1) is 13.8 Å². The number of nitrogens with one attached hydrogen (secondary N) is 2. The monoisotopic (exact) mass is 423 g/mol. The third kappa shape index (κ3) is 7.40. The molecule has 1 aliphatic rings. The Kier molecular flexibility index (Phi) is 8.06. The van der Waals surface area contributed by atoms with Gasteiger partial charge in [-0.15, -0.1) is 0 Å². The molecule has 2 aromatic carbocycles. The summed E-state index contributed by atoms with van der Waals surface area (Å²) in [5, 5.41) is 6.01. The molecule has 31 heavy (non-hydrogen) atoms. The van der Waals surface area contributed by atoms with Crippen molar-refractivity contribution in [3.05, 3.63) is 59.2 Å². The molecule has 2 amide bonds. The second kappa shape index (κ2) is 11.0. The SMILES string of the molecule is COc1ccc(CCNC(=O)CCN(CC(=O)Nc2cc(C)ccc2C)C2CC2)cc1. The Morgan fingerprint density at radius 1 is 1.06 bits per heavy atom. The van der Waals surface area contributed by atoms with Gasteiger partial charge in [0.15, 0.2) is 0 Å². The number of methoxy groups -OCH3 is 1. The first-order chi connectivity index (χ1) is 14.9. The van der Waals surface area contributed by atoms with Gasteiger partial charge in [0.05, 0.1) is 13.7 Å². The maximum absolute atomic E-state index is 12.6. The molecule has 0 aromatic heterocycles. The molecule has 1 aliphatic carbocycles. The van der Waals surface area contributed by atoms with Crippen molar-refractivity contribution < 1.29 is 14.3 Å². The number of carbonyl (C=O) groups is 2. The highest BCUT2D eigenvalue weighted by Crippen LogP contribution is 2.27. The standard InChI is InChI=1S/C25H33N3O3/c1-18-4-5-19(2)23(16-18)27-25(30)17-28(21-8-9-21)15-13-24(29)26-14-12-20-6-10-22(31-3)11-7-20/h4-7,10-11,16,21H,8-9,12-15,17H2,1-3H3,(H,26,29)(H,27,30). The molecular weight excluding hydrogens is 390 g/mol. The fourth-order valence-electron chi connectivity index (χ4n) is 3.55. The van der Waals surface area contributed by atoms with Crippen LogP contribution >= 0.6 is 0 Å². The quantitative estimate of drug-likeness (QED) is 0.581. The summed E-state index contributed by atoms with van der Waals surface area (Å²) in [6.07, 6.45) is 3.36. The van der Waals surface area contributed by atoms with E-state index < -0.39 is 0 Å². The van der Waals surface area contributed by atoms with E-state index in [-0.39, 0.29) is 11.8 Å². The van der Waals surface area contributed by atoms with Crippen LogP contribution in [0.1, 0.15) is 36.0 Å². The molecule has 0 aliphatic heterocycles.